The fourth-order valence-electron chi connectivity index (χ4n) is 3.76. The maximum absolute atomic E-state index is 12.8. The molecule has 1 aliphatic heterocycles. The summed E-state index contributed by atoms with van der Waals surface area (Å²) in [6, 6.07) is 7.93. The van der Waals surface area contributed by atoms with Crippen molar-refractivity contribution in [2.45, 2.75) is 45.7 Å². The summed E-state index contributed by atoms with van der Waals surface area (Å²) in [5.41, 5.74) is 3.23. The predicted molar refractivity (Wildman–Crippen MR) is 126 cm³/mol. The van der Waals surface area contributed by atoms with Crippen LogP contribution in [0.25, 0.3) is 20.8 Å². The number of nitrogens with zero attached hydrogens (tertiary/aromatic N) is 2. The van der Waals surface area contributed by atoms with Crippen molar-refractivity contribution in [3.05, 3.63) is 34.7 Å². The first-order valence-corrected chi connectivity index (χ1v) is 12.1. The van der Waals surface area contributed by atoms with E-state index in [1.807, 2.05) is 32.0 Å². The number of anilines is 1. The largest absolute Gasteiger partial charge is 0.465 e. The number of thiophene rings is 1. The zero-order valence-electron chi connectivity index (χ0n) is 17.6. The Balaban J connectivity index is 1.59. The number of para-hydroxylation sites is 1. The normalized spacial score (nSPS) is 14.3. The summed E-state index contributed by atoms with van der Waals surface area (Å²) in [5, 5.41) is 17.6. The Morgan fingerprint density at radius 3 is 2.87 bits per heavy atom. The number of carbonyl (C=O) groups excluding carboxylic acids is 1. The second-order valence-electron chi connectivity index (χ2n) is 7.65. The number of hydrogen-bond donors (Lipinski definition) is 3. The summed E-state index contributed by atoms with van der Waals surface area (Å²) in [6.07, 6.45) is 0.736. The summed E-state index contributed by atoms with van der Waals surface area (Å²) in [5.74, 6) is -0.177. The number of carbonyl (C=O) groups is 2. The van der Waals surface area contributed by atoms with Gasteiger partial charge in [0.15, 0.2) is 0 Å². The molecule has 3 heterocycles. The first kappa shape index (κ1) is 21.7. The Morgan fingerprint density at radius 2 is 2.13 bits per heavy atom. The number of benzene rings is 1. The molecule has 1 aromatic carbocycles. The predicted octanol–water partition coefficient (Wildman–Crippen LogP) is 4.78. The maximum Gasteiger partial charge on any atom is 0.407 e. The molecule has 0 spiro atoms. The average Bonchev–Trinajstić information content (AvgIpc) is 3.33. The van der Waals surface area contributed by atoms with Gasteiger partial charge < -0.3 is 20.6 Å². The molecule has 0 bridgehead atoms. The van der Waals surface area contributed by atoms with E-state index >= 15 is 0 Å². The summed E-state index contributed by atoms with van der Waals surface area (Å²) >= 11 is 3.22. The summed E-state index contributed by atoms with van der Waals surface area (Å²) in [4.78, 5) is 31.7. The molecule has 31 heavy (non-hydrogen) atoms. The molecule has 3 N–H and O–H groups in total. The van der Waals surface area contributed by atoms with Crippen molar-refractivity contribution in [3.8, 4) is 10.6 Å². The van der Waals surface area contributed by atoms with Crippen molar-refractivity contribution < 1.29 is 14.7 Å². The van der Waals surface area contributed by atoms with Crippen LogP contribution < -0.4 is 10.6 Å². The van der Waals surface area contributed by atoms with Gasteiger partial charge in [0.25, 0.3) is 0 Å². The number of carboxylic acid groups (broad SMARTS) is 1. The molecule has 164 valence electrons. The van der Waals surface area contributed by atoms with Gasteiger partial charge in [0.05, 0.1) is 10.2 Å². The van der Waals surface area contributed by atoms with Gasteiger partial charge in [0.2, 0.25) is 5.91 Å². The van der Waals surface area contributed by atoms with Crippen LogP contribution in [0.15, 0.2) is 24.3 Å². The molecule has 0 saturated heterocycles. The molecule has 1 atom stereocenters. The first-order chi connectivity index (χ1) is 15.0. The zero-order valence-corrected chi connectivity index (χ0v) is 19.2. The average molecular weight is 459 g/mol. The third-order valence-electron chi connectivity index (χ3n) is 5.64. The van der Waals surface area contributed by atoms with E-state index in [2.05, 4.69) is 16.7 Å². The van der Waals surface area contributed by atoms with Gasteiger partial charge in [-0.1, -0.05) is 19.1 Å². The van der Waals surface area contributed by atoms with Crippen molar-refractivity contribution in [1.29, 1.82) is 0 Å². The van der Waals surface area contributed by atoms with E-state index in [9.17, 15) is 14.7 Å². The molecule has 2 aromatic heterocycles. The molecule has 0 radical (unpaired) electrons. The molecule has 0 aliphatic carbocycles. The molecule has 2 amide bonds. The number of hydrogen-bond acceptors (Lipinski definition) is 6. The van der Waals surface area contributed by atoms with E-state index in [-0.39, 0.29) is 24.9 Å². The summed E-state index contributed by atoms with van der Waals surface area (Å²) in [7, 11) is 0. The molecule has 0 fully saturated rings. The van der Waals surface area contributed by atoms with E-state index in [1.165, 1.54) is 15.3 Å². The van der Waals surface area contributed by atoms with Crippen LogP contribution in [-0.2, 0) is 17.8 Å². The highest BCUT2D eigenvalue weighted by atomic mass is 32.1. The third-order valence-corrected chi connectivity index (χ3v) is 7.84. The molecule has 4 rings (SSSR count). The van der Waals surface area contributed by atoms with Crippen molar-refractivity contribution in [2.24, 2.45) is 0 Å². The van der Waals surface area contributed by atoms with Crippen LogP contribution in [0.2, 0.25) is 0 Å². The van der Waals surface area contributed by atoms with Crippen LogP contribution in [0, 0.1) is 0 Å². The van der Waals surface area contributed by atoms with Gasteiger partial charge in [0.1, 0.15) is 10.0 Å². The third kappa shape index (κ3) is 4.58. The van der Waals surface area contributed by atoms with Crippen molar-refractivity contribution >= 4 is 49.9 Å². The Bertz CT molecular complexity index is 1070. The lowest BCUT2D eigenvalue weighted by molar-refractivity contribution is -0.116. The number of nitrogens with one attached hydrogen (secondary N) is 2. The van der Waals surface area contributed by atoms with Gasteiger partial charge in [-0.15, -0.1) is 22.7 Å². The Kier molecular flexibility index (Phi) is 6.54. The zero-order chi connectivity index (χ0) is 22.0. The van der Waals surface area contributed by atoms with E-state index < -0.39 is 6.09 Å². The topological polar surface area (TPSA) is 94.6 Å². The van der Waals surface area contributed by atoms with Crippen LogP contribution in [0.3, 0.4) is 0 Å². The lowest BCUT2D eigenvalue weighted by Gasteiger charge is -2.25. The molecular formula is C22H26N4O3S2. The smallest absolute Gasteiger partial charge is 0.407 e. The lowest BCUT2D eigenvalue weighted by Crippen LogP contribution is -2.39. The Hall–Kier alpha value is -2.49. The number of thiazole rings is 1. The number of aromatic nitrogens is 1. The number of fused-ring (bicyclic) bond motifs is 2. The van der Waals surface area contributed by atoms with E-state index in [4.69, 9.17) is 4.98 Å². The highest BCUT2D eigenvalue weighted by Crippen LogP contribution is 2.44. The van der Waals surface area contributed by atoms with E-state index in [1.54, 1.807) is 22.7 Å². The fourth-order valence-corrected chi connectivity index (χ4v) is 6.11. The van der Waals surface area contributed by atoms with Crippen LogP contribution in [0.4, 0.5) is 9.80 Å². The molecular weight excluding hydrogens is 432 g/mol. The minimum absolute atomic E-state index is 0.122. The SMILES string of the molecule is CCC(C)N(CCC(=O)Nc1sc2c(c1-c1nc3ccccc3s1)CCNC2)C(=O)O. The monoisotopic (exact) mass is 458 g/mol. The van der Waals surface area contributed by atoms with Crippen LogP contribution in [0.1, 0.15) is 37.1 Å². The molecule has 1 unspecified atom stereocenters. The Labute approximate surface area is 189 Å². The van der Waals surface area contributed by atoms with Gasteiger partial charge in [-0.2, -0.15) is 0 Å². The molecule has 7 nitrogen and oxygen atoms in total. The van der Waals surface area contributed by atoms with Crippen molar-refractivity contribution in [1.82, 2.24) is 15.2 Å². The van der Waals surface area contributed by atoms with Gasteiger partial charge in [-0.3, -0.25) is 4.79 Å². The lowest BCUT2D eigenvalue weighted by atomic mass is 10.0. The van der Waals surface area contributed by atoms with Gasteiger partial charge in [0, 0.05) is 36.0 Å². The maximum atomic E-state index is 12.8. The number of rotatable bonds is 7. The minimum atomic E-state index is -0.991. The first-order valence-electron chi connectivity index (χ1n) is 10.5. The summed E-state index contributed by atoms with van der Waals surface area (Å²) in [6.45, 7) is 5.66. The Morgan fingerprint density at radius 1 is 1.32 bits per heavy atom. The quantitative estimate of drug-likeness (QED) is 0.474. The van der Waals surface area contributed by atoms with Crippen molar-refractivity contribution in [3.63, 3.8) is 0 Å². The van der Waals surface area contributed by atoms with E-state index in [0.717, 1.165) is 45.3 Å². The van der Waals surface area contributed by atoms with Crippen LogP contribution in [0.5, 0.6) is 0 Å². The highest BCUT2D eigenvalue weighted by Gasteiger charge is 2.25. The standard InChI is InChI=1S/C22H26N4O3S2/c1-3-13(2)26(22(28)29)11-9-18(27)25-21-19(14-8-10-23-12-17(14)31-21)20-24-15-6-4-5-7-16(15)30-20/h4-7,13,23H,3,8-12H2,1-2H3,(H,25,27)(H,28,29). The molecule has 3 aromatic rings. The second-order valence-corrected chi connectivity index (χ2v) is 9.79. The van der Waals surface area contributed by atoms with Crippen molar-refractivity contribution in [2.75, 3.05) is 18.4 Å². The summed E-state index contributed by atoms with van der Waals surface area (Å²) < 4.78 is 1.12. The van der Waals surface area contributed by atoms with Crippen LogP contribution in [-0.4, -0.2) is 46.1 Å². The second kappa shape index (κ2) is 9.33. The number of amides is 2. The minimum Gasteiger partial charge on any atom is -0.465 e. The van der Waals surface area contributed by atoms with Gasteiger partial charge in [-0.25, -0.2) is 9.78 Å². The van der Waals surface area contributed by atoms with Gasteiger partial charge in [-0.05, 0) is 44.0 Å². The fraction of sp³-hybridized carbons (Fsp3) is 0.409. The molecule has 0 saturated carbocycles. The highest BCUT2D eigenvalue weighted by molar-refractivity contribution is 7.22. The van der Waals surface area contributed by atoms with Gasteiger partial charge >= 0.3 is 6.09 Å². The van der Waals surface area contributed by atoms with E-state index in [0.29, 0.717) is 6.42 Å². The van der Waals surface area contributed by atoms with Crippen LogP contribution >= 0.6 is 22.7 Å². The molecule has 1 aliphatic rings. The molecule has 9 heteroatoms.